The van der Waals surface area contributed by atoms with E-state index < -0.39 is 0 Å². The lowest BCUT2D eigenvalue weighted by Crippen LogP contribution is -2.46. The van der Waals surface area contributed by atoms with Crippen molar-refractivity contribution in [2.75, 3.05) is 6.61 Å². The maximum absolute atomic E-state index is 11.8. The van der Waals surface area contributed by atoms with Crippen LogP contribution < -0.4 is 11.1 Å². The van der Waals surface area contributed by atoms with E-state index in [1.54, 1.807) is 0 Å². The Labute approximate surface area is 107 Å². The van der Waals surface area contributed by atoms with E-state index in [0.717, 1.165) is 38.7 Å². The standard InChI is InChI=1S/C12H21N3O3/c13-12(15-17)11(8-3-4-8)14-10(16)6-5-9-2-1-7-18-9/h8-9,11,17H,1-7H2,(H2,13,15)(H,14,16). The molecule has 1 aliphatic carbocycles. The topological polar surface area (TPSA) is 96.9 Å². The average molecular weight is 255 g/mol. The van der Waals surface area contributed by atoms with Gasteiger partial charge in [0.25, 0.3) is 0 Å². The third-order valence-electron chi connectivity index (χ3n) is 3.56. The van der Waals surface area contributed by atoms with Crippen LogP contribution in [-0.2, 0) is 9.53 Å². The van der Waals surface area contributed by atoms with E-state index in [0.29, 0.717) is 12.3 Å². The van der Waals surface area contributed by atoms with E-state index in [4.69, 9.17) is 15.7 Å². The SMILES string of the molecule is NC(=NO)C(NC(=O)CCC1CCCO1)C1CC1. The summed E-state index contributed by atoms with van der Waals surface area (Å²) in [6.45, 7) is 0.807. The van der Waals surface area contributed by atoms with Crippen LogP contribution in [0.15, 0.2) is 5.16 Å². The molecule has 0 spiro atoms. The summed E-state index contributed by atoms with van der Waals surface area (Å²) in [4.78, 5) is 11.8. The first kappa shape index (κ1) is 13.1. The molecule has 2 fully saturated rings. The minimum atomic E-state index is -0.313. The number of amidine groups is 1. The van der Waals surface area contributed by atoms with Crippen molar-refractivity contribution in [3.8, 4) is 0 Å². The number of amides is 1. The zero-order chi connectivity index (χ0) is 13.0. The Balaban J connectivity index is 1.74. The molecule has 1 saturated carbocycles. The molecule has 6 nitrogen and oxygen atoms in total. The predicted octanol–water partition coefficient (Wildman–Crippen LogP) is 0.587. The van der Waals surface area contributed by atoms with Crippen molar-refractivity contribution >= 4 is 11.7 Å². The number of carbonyl (C=O) groups excluding carboxylic acids is 1. The van der Waals surface area contributed by atoms with Gasteiger partial charge in [-0.05, 0) is 38.0 Å². The molecule has 102 valence electrons. The van der Waals surface area contributed by atoms with Crippen molar-refractivity contribution in [3.63, 3.8) is 0 Å². The van der Waals surface area contributed by atoms with E-state index >= 15 is 0 Å². The molecule has 4 N–H and O–H groups in total. The highest BCUT2D eigenvalue weighted by Gasteiger charge is 2.35. The highest BCUT2D eigenvalue weighted by Crippen LogP contribution is 2.32. The van der Waals surface area contributed by atoms with Crippen molar-refractivity contribution in [3.05, 3.63) is 0 Å². The average Bonchev–Trinajstić information content (AvgIpc) is 3.08. The second kappa shape index (κ2) is 6.04. The number of nitrogens with two attached hydrogens (primary N) is 1. The lowest BCUT2D eigenvalue weighted by molar-refractivity contribution is -0.122. The van der Waals surface area contributed by atoms with E-state index in [9.17, 15) is 4.79 Å². The number of rotatable bonds is 6. The summed E-state index contributed by atoms with van der Waals surface area (Å²) < 4.78 is 5.47. The lowest BCUT2D eigenvalue weighted by atomic mass is 10.1. The third-order valence-corrected chi connectivity index (χ3v) is 3.56. The lowest BCUT2D eigenvalue weighted by Gasteiger charge is -2.17. The van der Waals surface area contributed by atoms with Gasteiger partial charge in [-0.25, -0.2) is 0 Å². The first-order valence-corrected chi connectivity index (χ1v) is 6.59. The summed E-state index contributed by atoms with van der Waals surface area (Å²) in [6.07, 6.45) is 5.57. The van der Waals surface area contributed by atoms with Gasteiger partial charge in [-0.3, -0.25) is 4.79 Å². The largest absolute Gasteiger partial charge is 0.409 e. The first-order chi connectivity index (χ1) is 8.70. The molecule has 1 saturated heterocycles. The van der Waals surface area contributed by atoms with Gasteiger partial charge in [0.1, 0.15) is 0 Å². The highest BCUT2D eigenvalue weighted by atomic mass is 16.5. The van der Waals surface area contributed by atoms with Gasteiger partial charge in [0.2, 0.25) is 5.91 Å². The Kier molecular flexibility index (Phi) is 4.41. The fourth-order valence-electron chi connectivity index (χ4n) is 2.33. The van der Waals surface area contributed by atoms with Gasteiger partial charge in [0.15, 0.2) is 5.84 Å². The zero-order valence-corrected chi connectivity index (χ0v) is 10.5. The Morgan fingerprint density at radius 1 is 1.50 bits per heavy atom. The molecule has 1 heterocycles. The second-order valence-electron chi connectivity index (χ2n) is 5.08. The molecular weight excluding hydrogens is 234 g/mol. The Morgan fingerprint density at radius 2 is 2.28 bits per heavy atom. The molecule has 0 bridgehead atoms. The van der Waals surface area contributed by atoms with Gasteiger partial charge in [-0.15, -0.1) is 0 Å². The van der Waals surface area contributed by atoms with Crippen LogP contribution in [0.5, 0.6) is 0 Å². The minimum absolute atomic E-state index is 0.0472. The van der Waals surface area contributed by atoms with Gasteiger partial charge in [0, 0.05) is 13.0 Å². The molecule has 1 amide bonds. The van der Waals surface area contributed by atoms with Gasteiger partial charge < -0.3 is 21.0 Å². The molecule has 0 radical (unpaired) electrons. The maximum atomic E-state index is 11.8. The molecule has 18 heavy (non-hydrogen) atoms. The summed E-state index contributed by atoms with van der Waals surface area (Å²) in [5, 5.41) is 14.5. The summed E-state index contributed by atoms with van der Waals surface area (Å²) in [5.74, 6) is 0.379. The summed E-state index contributed by atoms with van der Waals surface area (Å²) in [5.41, 5.74) is 5.59. The fourth-order valence-corrected chi connectivity index (χ4v) is 2.33. The van der Waals surface area contributed by atoms with Crippen LogP contribution in [-0.4, -0.2) is 35.7 Å². The summed E-state index contributed by atoms with van der Waals surface area (Å²) in [6, 6.07) is -0.313. The Morgan fingerprint density at radius 3 is 2.83 bits per heavy atom. The van der Waals surface area contributed by atoms with Crippen LogP contribution in [0.2, 0.25) is 0 Å². The highest BCUT2D eigenvalue weighted by molar-refractivity contribution is 5.90. The van der Waals surface area contributed by atoms with E-state index in [-0.39, 0.29) is 23.9 Å². The van der Waals surface area contributed by atoms with Crippen molar-refractivity contribution in [1.29, 1.82) is 0 Å². The molecule has 0 aromatic rings. The summed E-state index contributed by atoms with van der Waals surface area (Å²) >= 11 is 0. The van der Waals surface area contributed by atoms with Crippen molar-refractivity contribution in [2.24, 2.45) is 16.8 Å². The van der Waals surface area contributed by atoms with E-state index in [2.05, 4.69) is 10.5 Å². The van der Waals surface area contributed by atoms with Crippen molar-refractivity contribution < 1.29 is 14.7 Å². The van der Waals surface area contributed by atoms with Gasteiger partial charge in [-0.2, -0.15) is 0 Å². The Bertz CT molecular complexity index is 323. The van der Waals surface area contributed by atoms with Gasteiger partial charge >= 0.3 is 0 Å². The van der Waals surface area contributed by atoms with Crippen molar-refractivity contribution in [2.45, 2.75) is 50.7 Å². The number of oxime groups is 1. The molecule has 2 aliphatic rings. The number of ether oxygens (including phenoxy) is 1. The minimum Gasteiger partial charge on any atom is -0.409 e. The molecular formula is C12H21N3O3. The first-order valence-electron chi connectivity index (χ1n) is 6.59. The normalized spacial score (nSPS) is 26.0. The van der Waals surface area contributed by atoms with Crippen LogP contribution in [0.25, 0.3) is 0 Å². The number of nitrogens with one attached hydrogen (secondary N) is 1. The monoisotopic (exact) mass is 255 g/mol. The number of carbonyl (C=O) groups is 1. The summed E-state index contributed by atoms with van der Waals surface area (Å²) in [7, 11) is 0. The Hall–Kier alpha value is -1.30. The second-order valence-corrected chi connectivity index (χ2v) is 5.08. The smallest absolute Gasteiger partial charge is 0.220 e. The van der Waals surface area contributed by atoms with Crippen LogP contribution in [0.1, 0.15) is 38.5 Å². The number of hydrogen-bond donors (Lipinski definition) is 3. The molecule has 1 aliphatic heterocycles. The van der Waals surface area contributed by atoms with Gasteiger partial charge in [0.05, 0.1) is 12.1 Å². The third kappa shape index (κ3) is 3.60. The van der Waals surface area contributed by atoms with E-state index in [1.165, 1.54) is 0 Å². The fraction of sp³-hybridized carbons (Fsp3) is 0.833. The number of hydrogen-bond acceptors (Lipinski definition) is 4. The molecule has 2 rings (SSSR count). The predicted molar refractivity (Wildman–Crippen MR) is 66.3 cm³/mol. The van der Waals surface area contributed by atoms with Crippen molar-refractivity contribution in [1.82, 2.24) is 5.32 Å². The molecule has 2 unspecified atom stereocenters. The quantitative estimate of drug-likeness (QED) is 0.280. The van der Waals surface area contributed by atoms with Crippen LogP contribution >= 0.6 is 0 Å². The van der Waals surface area contributed by atoms with Crippen LogP contribution in [0.3, 0.4) is 0 Å². The number of nitrogens with zero attached hydrogens (tertiary/aromatic N) is 1. The van der Waals surface area contributed by atoms with E-state index in [1.807, 2.05) is 0 Å². The maximum Gasteiger partial charge on any atom is 0.220 e. The van der Waals surface area contributed by atoms with Gasteiger partial charge in [-0.1, -0.05) is 5.16 Å². The zero-order valence-electron chi connectivity index (χ0n) is 10.5. The molecule has 0 aromatic heterocycles. The van der Waals surface area contributed by atoms with Crippen LogP contribution in [0, 0.1) is 5.92 Å². The van der Waals surface area contributed by atoms with Crippen LogP contribution in [0.4, 0.5) is 0 Å². The molecule has 2 atom stereocenters. The molecule has 0 aromatic carbocycles. The molecule has 6 heteroatoms.